The topological polar surface area (TPSA) is 78.4 Å². The number of aliphatic hydroxyl groups is 1. The van der Waals surface area contributed by atoms with Crippen molar-refractivity contribution < 1.29 is 14.6 Å². The summed E-state index contributed by atoms with van der Waals surface area (Å²) in [6.07, 6.45) is 3.62. The van der Waals surface area contributed by atoms with Crippen molar-refractivity contribution in [2.45, 2.75) is 24.4 Å². The second kappa shape index (κ2) is 6.61. The van der Waals surface area contributed by atoms with Gasteiger partial charge in [0.05, 0.1) is 12.3 Å². The van der Waals surface area contributed by atoms with Crippen LogP contribution in [0.2, 0.25) is 0 Å². The molecule has 6 heteroatoms. The molecule has 0 saturated carbocycles. The third kappa shape index (κ3) is 2.75. The number of piperidine rings is 3. The first-order chi connectivity index (χ1) is 12.2. The van der Waals surface area contributed by atoms with E-state index in [1.165, 1.54) is 0 Å². The molecule has 6 nitrogen and oxygen atoms in total. The molecule has 0 aliphatic carbocycles. The van der Waals surface area contributed by atoms with Gasteiger partial charge in [-0.05, 0) is 43.5 Å². The van der Waals surface area contributed by atoms with E-state index in [4.69, 9.17) is 4.74 Å². The Bertz CT molecular complexity index is 711. The average molecular weight is 341 g/mol. The SMILES string of the molecule is O=C(OC1CN2CCC1CC2)C(CO)(c1ccccc1)c1ccn[nH]1. The fourth-order valence-corrected chi connectivity index (χ4v) is 4.12. The fraction of sp³-hybridized carbons (Fsp3) is 0.474. The number of aromatic nitrogens is 2. The number of nitrogens with zero attached hydrogens (tertiary/aromatic N) is 2. The number of hydrogen-bond acceptors (Lipinski definition) is 5. The quantitative estimate of drug-likeness (QED) is 0.802. The maximum atomic E-state index is 13.3. The molecule has 0 amide bonds. The van der Waals surface area contributed by atoms with Crippen molar-refractivity contribution >= 4 is 5.97 Å². The number of rotatable bonds is 5. The van der Waals surface area contributed by atoms with Crippen LogP contribution in [0.3, 0.4) is 0 Å². The molecule has 25 heavy (non-hydrogen) atoms. The van der Waals surface area contributed by atoms with Gasteiger partial charge in [-0.1, -0.05) is 30.3 Å². The van der Waals surface area contributed by atoms with Crippen molar-refractivity contribution in [1.29, 1.82) is 0 Å². The van der Waals surface area contributed by atoms with Crippen LogP contribution in [0.25, 0.3) is 0 Å². The van der Waals surface area contributed by atoms with E-state index in [0.29, 0.717) is 17.2 Å². The molecule has 2 atom stereocenters. The summed E-state index contributed by atoms with van der Waals surface area (Å²) in [5.74, 6) is 0.00656. The molecular formula is C19H23N3O3. The second-order valence-corrected chi connectivity index (χ2v) is 6.98. The molecule has 3 aliphatic heterocycles. The number of ether oxygens (including phenoxy) is 1. The molecule has 2 bridgehead atoms. The number of fused-ring (bicyclic) bond motifs is 3. The van der Waals surface area contributed by atoms with Crippen molar-refractivity contribution in [1.82, 2.24) is 15.1 Å². The van der Waals surface area contributed by atoms with Crippen LogP contribution in [-0.2, 0) is 14.9 Å². The zero-order valence-corrected chi connectivity index (χ0v) is 14.1. The molecule has 5 rings (SSSR count). The molecule has 3 aliphatic rings. The normalized spacial score (nSPS) is 27.6. The number of benzene rings is 1. The lowest BCUT2D eigenvalue weighted by atomic mass is 9.78. The zero-order chi connectivity index (χ0) is 17.3. The van der Waals surface area contributed by atoms with Gasteiger partial charge in [-0.15, -0.1) is 0 Å². The standard InChI is InChI=1S/C19H23N3O3/c23-13-19(17-6-9-20-21-17,15-4-2-1-3-5-15)18(24)25-16-12-22-10-7-14(16)8-11-22/h1-6,9,14,16,23H,7-8,10-13H2,(H,20,21). The largest absolute Gasteiger partial charge is 0.460 e. The van der Waals surface area contributed by atoms with Gasteiger partial charge in [0.2, 0.25) is 0 Å². The molecule has 1 aromatic carbocycles. The Balaban J connectivity index is 1.67. The minimum atomic E-state index is -1.27. The first-order valence-electron chi connectivity index (χ1n) is 8.83. The van der Waals surface area contributed by atoms with Gasteiger partial charge in [0.15, 0.2) is 5.41 Å². The average Bonchev–Trinajstić information content (AvgIpc) is 3.20. The van der Waals surface area contributed by atoms with Crippen molar-refractivity contribution in [3.05, 3.63) is 53.9 Å². The number of carbonyl (C=O) groups is 1. The van der Waals surface area contributed by atoms with Crippen LogP contribution in [-0.4, -0.2) is 58.5 Å². The number of nitrogens with one attached hydrogen (secondary N) is 1. The van der Waals surface area contributed by atoms with Crippen molar-refractivity contribution in [3.8, 4) is 0 Å². The zero-order valence-electron chi connectivity index (χ0n) is 14.1. The first kappa shape index (κ1) is 16.3. The highest BCUT2D eigenvalue weighted by Gasteiger charge is 2.47. The summed E-state index contributed by atoms with van der Waals surface area (Å²) in [5, 5.41) is 17.1. The predicted octanol–water partition coefficient (Wildman–Crippen LogP) is 1.33. The van der Waals surface area contributed by atoms with Crippen LogP contribution >= 0.6 is 0 Å². The summed E-state index contributed by atoms with van der Waals surface area (Å²) in [6, 6.07) is 11.0. The minimum Gasteiger partial charge on any atom is -0.460 e. The molecular weight excluding hydrogens is 318 g/mol. The van der Waals surface area contributed by atoms with E-state index in [1.807, 2.05) is 30.3 Å². The molecule has 3 saturated heterocycles. The lowest BCUT2D eigenvalue weighted by Crippen LogP contribution is -2.54. The van der Waals surface area contributed by atoms with E-state index in [-0.39, 0.29) is 12.7 Å². The number of carbonyl (C=O) groups excluding carboxylic acids is 1. The molecule has 4 heterocycles. The van der Waals surface area contributed by atoms with Gasteiger partial charge in [0.1, 0.15) is 6.10 Å². The summed E-state index contributed by atoms with van der Waals surface area (Å²) in [5.41, 5.74) is -0.0236. The van der Waals surface area contributed by atoms with E-state index >= 15 is 0 Å². The fourth-order valence-electron chi connectivity index (χ4n) is 4.12. The second-order valence-electron chi connectivity index (χ2n) is 6.98. The van der Waals surface area contributed by atoms with Crippen molar-refractivity contribution in [2.24, 2.45) is 5.92 Å². The Morgan fingerprint density at radius 2 is 2.04 bits per heavy atom. The van der Waals surface area contributed by atoms with Crippen LogP contribution in [0, 0.1) is 5.92 Å². The summed E-state index contributed by atoms with van der Waals surface area (Å²) < 4.78 is 5.97. The van der Waals surface area contributed by atoms with Crippen molar-refractivity contribution in [3.63, 3.8) is 0 Å². The smallest absolute Gasteiger partial charge is 0.325 e. The molecule has 2 N–H and O–H groups in total. The van der Waals surface area contributed by atoms with Gasteiger partial charge in [-0.2, -0.15) is 5.10 Å². The third-order valence-electron chi connectivity index (χ3n) is 5.67. The molecule has 2 aromatic rings. The molecule has 132 valence electrons. The lowest BCUT2D eigenvalue weighted by molar-refractivity contribution is -0.165. The Morgan fingerprint density at radius 3 is 2.60 bits per heavy atom. The number of esters is 1. The van der Waals surface area contributed by atoms with Gasteiger partial charge in [0, 0.05) is 12.7 Å². The lowest BCUT2D eigenvalue weighted by Gasteiger charge is -2.45. The minimum absolute atomic E-state index is 0.104. The Morgan fingerprint density at radius 1 is 1.28 bits per heavy atom. The summed E-state index contributed by atoms with van der Waals surface area (Å²) in [7, 11) is 0. The summed E-state index contributed by atoms with van der Waals surface area (Å²) in [6.45, 7) is 2.58. The number of aliphatic hydroxyl groups excluding tert-OH is 1. The van der Waals surface area contributed by atoms with Crippen LogP contribution in [0.15, 0.2) is 42.6 Å². The van der Waals surface area contributed by atoms with Crippen LogP contribution in [0.1, 0.15) is 24.1 Å². The highest BCUT2D eigenvalue weighted by atomic mass is 16.5. The maximum Gasteiger partial charge on any atom is 0.325 e. The van der Waals surface area contributed by atoms with E-state index in [9.17, 15) is 9.90 Å². The van der Waals surface area contributed by atoms with Crippen LogP contribution in [0.4, 0.5) is 0 Å². The van der Waals surface area contributed by atoms with Gasteiger partial charge in [-0.25, -0.2) is 0 Å². The molecule has 0 spiro atoms. The van der Waals surface area contributed by atoms with E-state index in [0.717, 1.165) is 32.5 Å². The predicted molar refractivity (Wildman–Crippen MR) is 91.9 cm³/mol. The van der Waals surface area contributed by atoms with Crippen molar-refractivity contribution in [2.75, 3.05) is 26.2 Å². The molecule has 1 aromatic heterocycles. The van der Waals surface area contributed by atoms with Crippen LogP contribution < -0.4 is 0 Å². The Labute approximate surface area is 146 Å². The van der Waals surface area contributed by atoms with E-state index in [1.54, 1.807) is 12.3 Å². The highest BCUT2D eigenvalue weighted by molar-refractivity contribution is 5.87. The monoisotopic (exact) mass is 341 g/mol. The van der Waals surface area contributed by atoms with Gasteiger partial charge >= 0.3 is 5.97 Å². The maximum absolute atomic E-state index is 13.3. The highest BCUT2D eigenvalue weighted by Crippen LogP contribution is 2.35. The first-order valence-corrected chi connectivity index (χ1v) is 8.83. The van der Waals surface area contributed by atoms with Gasteiger partial charge in [-0.3, -0.25) is 14.8 Å². The summed E-state index contributed by atoms with van der Waals surface area (Å²) in [4.78, 5) is 15.6. The number of hydrogen-bond donors (Lipinski definition) is 2. The van der Waals surface area contributed by atoms with E-state index < -0.39 is 11.4 Å². The Kier molecular flexibility index (Phi) is 4.31. The van der Waals surface area contributed by atoms with E-state index in [2.05, 4.69) is 15.1 Å². The molecule has 2 unspecified atom stereocenters. The number of H-pyrrole nitrogens is 1. The summed E-state index contributed by atoms with van der Waals surface area (Å²) >= 11 is 0. The number of aromatic amines is 1. The van der Waals surface area contributed by atoms with Gasteiger partial charge in [0.25, 0.3) is 0 Å². The van der Waals surface area contributed by atoms with Crippen LogP contribution in [0.5, 0.6) is 0 Å². The molecule has 3 fully saturated rings. The Hall–Kier alpha value is -2.18. The molecule has 0 radical (unpaired) electrons. The third-order valence-corrected chi connectivity index (χ3v) is 5.67. The van der Waals surface area contributed by atoms with Gasteiger partial charge < -0.3 is 9.84 Å².